The number of imide groups is 1. The van der Waals surface area contributed by atoms with Gasteiger partial charge in [0.05, 0.1) is 6.20 Å². The predicted molar refractivity (Wildman–Crippen MR) is 92.9 cm³/mol. The maximum Gasteiger partial charge on any atom is 0.407 e. The normalized spacial score (nSPS) is 18.1. The topological polar surface area (TPSA) is 107 Å². The maximum absolute atomic E-state index is 12.0. The van der Waals surface area contributed by atoms with Crippen LogP contribution in [0.5, 0.6) is 0 Å². The molecule has 1 fully saturated rings. The van der Waals surface area contributed by atoms with Crippen LogP contribution in [0.2, 0.25) is 0 Å². The number of carbonyl (C=O) groups is 3. The van der Waals surface area contributed by atoms with Crippen LogP contribution in [0.3, 0.4) is 0 Å². The minimum atomic E-state index is -0.910. The summed E-state index contributed by atoms with van der Waals surface area (Å²) in [7, 11) is 0. The SMILES string of the molecule is O=C1CCN(c2cnc3cc(C4=CCN(C(=O)O)CC4)ccn23)C(=O)N1. The van der Waals surface area contributed by atoms with Crippen LogP contribution in [0.25, 0.3) is 11.2 Å². The van der Waals surface area contributed by atoms with Gasteiger partial charge >= 0.3 is 12.1 Å². The molecule has 4 rings (SSSR count). The van der Waals surface area contributed by atoms with E-state index in [1.54, 1.807) is 10.6 Å². The fraction of sp³-hybridized carbons (Fsp3) is 0.294. The van der Waals surface area contributed by atoms with E-state index in [2.05, 4.69) is 10.3 Å². The number of hydrogen-bond acceptors (Lipinski definition) is 4. The molecule has 2 aromatic heterocycles. The fourth-order valence-corrected chi connectivity index (χ4v) is 3.25. The van der Waals surface area contributed by atoms with Gasteiger partial charge in [0.1, 0.15) is 11.5 Å². The van der Waals surface area contributed by atoms with E-state index >= 15 is 0 Å². The molecule has 9 heteroatoms. The summed E-state index contributed by atoms with van der Waals surface area (Å²) in [5.41, 5.74) is 2.75. The summed E-state index contributed by atoms with van der Waals surface area (Å²) in [6.07, 6.45) is 5.34. The van der Waals surface area contributed by atoms with Crippen LogP contribution in [0.15, 0.2) is 30.6 Å². The lowest BCUT2D eigenvalue weighted by molar-refractivity contribution is -0.120. The van der Waals surface area contributed by atoms with E-state index in [4.69, 9.17) is 5.11 Å². The third kappa shape index (κ3) is 2.77. The minimum Gasteiger partial charge on any atom is -0.465 e. The van der Waals surface area contributed by atoms with Crippen molar-refractivity contribution in [2.24, 2.45) is 0 Å². The molecule has 2 aliphatic rings. The number of nitrogens with one attached hydrogen (secondary N) is 1. The Morgan fingerprint density at radius 1 is 1.23 bits per heavy atom. The van der Waals surface area contributed by atoms with Gasteiger partial charge in [-0.15, -0.1) is 0 Å². The summed E-state index contributed by atoms with van der Waals surface area (Å²) in [5, 5.41) is 11.3. The van der Waals surface area contributed by atoms with Crippen molar-refractivity contribution in [1.82, 2.24) is 19.6 Å². The van der Waals surface area contributed by atoms with Gasteiger partial charge in [-0.25, -0.2) is 14.6 Å². The number of amides is 4. The molecule has 0 saturated carbocycles. The zero-order valence-corrected chi connectivity index (χ0v) is 13.9. The van der Waals surface area contributed by atoms with Crippen LogP contribution in [0.1, 0.15) is 18.4 Å². The summed E-state index contributed by atoms with van der Waals surface area (Å²) in [4.78, 5) is 41.6. The maximum atomic E-state index is 12.0. The van der Waals surface area contributed by atoms with E-state index < -0.39 is 12.1 Å². The lowest BCUT2D eigenvalue weighted by Crippen LogP contribution is -2.50. The van der Waals surface area contributed by atoms with Crippen molar-refractivity contribution in [3.63, 3.8) is 0 Å². The number of nitrogens with zero attached hydrogens (tertiary/aromatic N) is 4. The first kappa shape index (κ1) is 16.1. The highest BCUT2D eigenvalue weighted by molar-refractivity contribution is 6.05. The molecule has 0 bridgehead atoms. The van der Waals surface area contributed by atoms with Gasteiger partial charge in [0.15, 0.2) is 0 Å². The summed E-state index contributed by atoms with van der Waals surface area (Å²) < 4.78 is 1.80. The minimum absolute atomic E-state index is 0.254. The lowest BCUT2D eigenvalue weighted by atomic mass is 10.0. The number of hydrogen-bond donors (Lipinski definition) is 2. The Morgan fingerprint density at radius 2 is 2.08 bits per heavy atom. The zero-order valence-electron chi connectivity index (χ0n) is 13.9. The van der Waals surface area contributed by atoms with Crippen molar-refractivity contribution in [3.8, 4) is 0 Å². The van der Waals surface area contributed by atoms with Crippen molar-refractivity contribution in [1.29, 1.82) is 0 Å². The van der Waals surface area contributed by atoms with Crippen LogP contribution >= 0.6 is 0 Å². The molecule has 0 aliphatic carbocycles. The summed E-state index contributed by atoms with van der Waals surface area (Å²) in [6.45, 7) is 1.15. The van der Waals surface area contributed by atoms with Crippen LogP contribution in [0, 0.1) is 0 Å². The molecule has 134 valence electrons. The van der Waals surface area contributed by atoms with Crippen molar-refractivity contribution in [3.05, 3.63) is 36.2 Å². The quantitative estimate of drug-likeness (QED) is 0.850. The zero-order chi connectivity index (χ0) is 18.3. The van der Waals surface area contributed by atoms with Gasteiger partial charge in [0.2, 0.25) is 5.91 Å². The Labute approximate surface area is 148 Å². The molecule has 1 saturated heterocycles. The first-order valence-electron chi connectivity index (χ1n) is 8.28. The Hall–Kier alpha value is -3.36. The van der Waals surface area contributed by atoms with Gasteiger partial charge in [-0.1, -0.05) is 6.08 Å². The van der Waals surface area contributed by atoms with Gasteiger partial charge in [0.25, 0.3) is 0 Å². The molecule has 2 N–H and O–H groups in total. The van der Waals surface area contributed by atoms with Crippen molar-refractivity contribution < 1.29 is 19.5 Å². The smallest absolute Gasteiger partial charge is 0.407 e. The molecule has 0 atom stereocenters. The summed E-state index contributed by atoms with van der Waals surface area (Å²) in [5.74, 6) is 0.327. The molecular weight excluding hydrogens is 338 g/mol. The van der Waals surface area contributed by atoms with E-state index in [1.165, 1.54) is 9.80 Å². The van der Waals surface area contributed by atoms with E-state index in [0.717, 1.165) is 11.1 Å². The van der Waals surface area contributed by atoms with E-state index in [1.807, 2.05) is 24.4 Å². The van der Waals surface area contributed by atoms with Gasteiger partial charge in [-0.3, -0.25) is 19.4 Å². The van der Waals surface area contributed by atoms with Gasteiger partial charge in [-0.05, 0) is 29.7 Å². The van der Waals surface area contributed by atoms with Crippen LogP contribution in [-0.2, 0) is 4.79 Å². The second-order valence-electron chi connectivity index (χ2n) is 6.22. The van der Waals surface area contributed by atoms with Crippen LogP contribution in [-0.4, -0.2) is 57.1 Å². The number of carboxylic acid groups (broad SMARTS) is 1. The molecule has 2 aromatic rings. The van der Waals surface area contributed by atoms with Crippen molar-refractivity contribution >= 4 is 35.1 Å². The molecule has 4 amide bonds. The average Bonchev–Trinajstić information content (AvgIpc) is 3.05. The molecule has 26 heavy (non-hydrogen) atoms. The third-order valence-electron chi connectivity index (χ3n) is 4.67. The number of imidazole rings is 1. The first-order chi connectivity index (χ1) is 12.5. The molecular formula is C17H17N5O4. The molecule has 0 unspecified atom stereocenters. The van der Waals surface area contributed by atoms with Crippen LogP contribution < -0.4 is 10.2 Å². The second kappa shape index (κ2) is 6.17. The second-order valence-corrected chi connectivity index (χ2v) is 6.22. The standard InChI is InChI=1S/C17H17N5O4/c23-14-4-8-22(16(24)19-14)15-10-18-13-9-12(3-7-21(13)15)11-1-5-20(6-2-11)17(25)26/h1,3,7,9-10H,2,4-6,8H2,(H,25,26)(H,19,23,24). The number of aromatic nitrogens is 2. The van der Waals surface area contributed by atoms with Crippen molar-refractivity contribution in [2.45, 2.75) is 12.8 Å². The Bertz CT molecular complexity index is 948. The van der Waals surface area contributed by atoms with Gasteiger partial charge in [-0.2, -0.15) is 0 Å². The molecule has 0 radical (unpaired) electrons. The number of urea groups is 1. The summed E-state index contributed by atoms with van der Waals surface area (Å²) in [6, 6.07) is 3.39. The third-order valence-corrected chi connectivity index (χ3v) is 4.67. The molecule has 9 nitrogen and oxygen atoms in total. The monoisotopic (exact) mass is 355 g/mol. The highest BCUT2D eigenvalue weighted by Crippen LogP contribution is 2.26. The average molecular weight is 355 g/mol. The van der Waals surface area contributed by atoms with E-state index in [-0.39, 0.29) is 12.3 Å². The van der Waals surface area contributed by atoms with Crippen molar-refractivity contribution in [2.75, 3.05) is 24.5 Å². The Balaban J connectivity index is 1.61. The highest BCUT2D eigenvalue weighted by atomic mass is 16.4. The molecule has 0 aromatic carbocycles. The van der Waals surface area contributed by atoms with Gasteiger partial charge < -0.3 is 10.0 Å². The molecule has 4 heterocycles. The number of anilines is 1. The lowest BCUT2D eigenvalue weighted by Gasteiger charge is -2.26. The number of rotatable bonds is 2. The Kier molecular flexibility index (Phi) is 3.83. The fourth-order valence-electron chi connectivity index (χ4n) is 3.25. The van der Waals surface area contributed by atoms with Gasteiger partial charge in [0, 0.05) is 32.3 Å². The molecule has 0 spiro atoms. The van der Waals surface area contributed by atoms with E-state index in [9.17, 15) is 14.4 Å². The van der Waals surface area contributed by atoms with Crippen LogP contribution in [0.4, 0.5) is 15.4 Å². The predicted octanol–water partition coefficient (Wildman–Crippen LogP) is 1.55. The Morgan fingerprint density at radius 3 is 2.77 bits per heavy atom. The number of carbonyl (C=O) groups excluding carboxylic acids is 2. The highest BCUT2D eigenvalue weighted by Gasteiger charge is 2.26. The number of fused-ring (bicyclic) bond motifs is 1. The molecule has 2 aliphatic heterocycles. The summed E-state index contributed by atoms with van der Waals surface area (Å²) >= 11 is 0. The number of pyridine rings is 1. The first-order valence-corrected chi connectivity index (χ1v) is 8.28. The largest absolute Gasteiger partial charge is 0.465 e. The van der Waals surface area contributed by atoms with E-state index in [0.29, 0.717) is 37.5 Å².